The minimum absolute atomic E-state index is 0.0524. The van der Waals surface area contributed by atoms with Gasteiger partial charge in [-0.2, -0.15) is 0 Å². The SMILES string of the molecule is CC(C)NC(=O)Nc1ccc(C(=O)/C=C/c2ccc3c(c2)OCCO3)cc1. The number of hydrogen-bond donors (Lipinski definition) is 2. The van der Waals surface area contributed by atoms with E-state index in [1.54, 1.807) is 30.3 Å². The van der Waals surface area contributed by atoms with Gasteiger partial charge < -0.3 is 20.1 Å². The first-order valence-electron chi connectivity index (χ1n) is 8.81. The molecule has 6 heteroatoms. The number of carbonyl (C=O) groups is 2. The highest BCUT2D eigenvalue weighted by molar-refractivity contribution is 6.07. The lowest BCUT2D eigenvalue weighted by molar-refractivity contribution is 0.104. The molecular formula is C21H22N2O4. The fourth-order valence-corrected chi connectivity index (χ4v) is 2.58. The van der Waals surface area contributed by atoms with Crippen LogP contribution in [0, 0.1) is 0 Å². The van der Waals surface area contributed by atoms with Crippen molar-refractivity contribution >= 4 is 23.6 Å². The van der Waals surface area contributed by atoms with Gasteiger partial charge >= 0.3 is 6.03 Å². The van der Waals surface area contributed by atoms with E-state index in [9.17, 15) is 9.59 Å². The molecule has 0 saturated heterocycles. The number of hydrogen-bond acceptors (Lipinski definition) is 4. The molecule has 27 heavy (non-hydrogen) atoms. The van der Waals surface area contributed by atoms with Crippen LogP contribution in [-0.4, -0.2) is 31.1 Å². The average molecular weight is 366 g/mol. The van der Waals surface area contributed by atoms with Gasteiger partial charge in [0.15, 0.2) is 17.3 Å². The molecule has 0 bridgehead atoms. The smallest absolute Gasteiger partial charge is 0.319 e. The highest BCUT2D eigenvalue weighted by atomic mass is 16.6. The second kappa shape index (κ2) is 8.40. The van der Waals surface area contributed by atoms with E-state index in [0.717, 1.165) is 5.56 Å². The second-order valence-corrected chi connectivity index (χ2v) is 6.43. The molecular weight excluding hydrogens is 344 g/mol. The Morgan fingerprint density at radius 2 is 1.70 bits per heavy atom. The van der Waals surface area contributed by atoms with Crippen molar-refractivity contribution in [1.82, 2.24) is 5.32 Å². The number of nitrogens with one attached hydrogen (secondary N) is 2. The molecule has 6 nitrogen and oxygen atoms in total. The Balaban J connectivity index is 1.62. The third kappa shape index (κ3) is 5.10. The standard InChI is InChI=1S/C21H22N2O4/c1-14(2)22-21(25)23-17-7-5-16(6-8-17)18(24)9-3-15-4-10-19-20(13-15)27-12-11-26-19/h3-10,13-14H,11-12H2,1-2H3,(H2,22,23,25)/b9-3+. The van der Waals surface area contributed by atoms with Gasteiger partial charge in [0.1, 0.15) is 13.2 Å². The number of ether oxygens (including phenoxy) is 2. The van der Waals surface area contributed by atoms with Gasteiger partial charge in [-0.05, 0) is 61.9 Å². The Morgan fingerprint density at radius 3 is 2.41 bits per heavy atom. The van der Waals surface area contributed by atoms with E-state index in [1.165, 1.54) is 6.08 Å². The van der Waals surface area contributed by atoms with E-state index in [2.05, 4.69) is 10.6 Å². The topological polar surface area (TPSA) is 76.7 Å². The van der Waals surface area contributed by atoms with E-state index in [1.807, 2.05) is 32.0 Å². The second-order valence-electron chi connectivity index (χ2n) is 6.43. The van der Waals surface area contributed by atoms with Crippen molar-refractivity contribution in [1.29, 1.82) is 0 Å². The van der Waals surface area contributed by atoms with Crippen molar-refractivity contribution in [3.05, 3.63) is 59.7 Å². The van der Waals surface area contributed by atoms with Crippen molar-refractivity contribution < 1.29 is 19.1 Å². The fourth-order valence-electron chi connectivity index (χ4n) is 2.58. The van der Waals surface area contributed by atoms with Crippen LogP contribution in [0.5, 0.6) is 11.5 Å². The molecule has 2 aromatic rings. The Hall–Kier alpha value is -3.28. The van der Waals surface area contributed by atoms with Crippen LogP contribution < -0.4 is 20.1 Å². The van der Waals surface area contributed by atoms with Gasteiger partial charge in [-0.1, -0.05) is 12.1 Å². The third-order valence-corrected chi connectivity index (χ3v) is 3.84. The number of ketones is 1. The maximum atomic E-state index is 12.3. The predicted octanol–water partition coefficient (Wildman–Crippen LogP) is 3.88. The molecule has 0 atom stereocenters. The summed E-state index contributed by atoms with van der Waals surface area (Å²) in [4.78, 5) is 24.0. The van der Waals surface area contributed by atoms with E-state index < -0.39 is 0 Å². The summed E-state index contributed by atoms with van der Waals surface area (Å²) in [6.45, 7) is 4.84. The van der Waals surface area contributed by atoms with Crippen molar-refractivity contribution in [2.24, 2.45) is 0 Å². The zero-order valence-electron chi connectivity index (χ0n) is 15.3. The summed E-state index contributed by atoms with van der Waals surface area (Å²) in [6.07, 6.45) is 3.25. The van der Waals surface area contributed by atoms with Crippen molar-refractivity contribution in [2.45, 2.75) is 19.9 Å². The van der Waals surface area contributed by atoms with Gasteiger partial charge in [-0.25, -0.2) is 4.79 Å². The van der Waals surface area contributed by atoms with Crippen molar-refractivity contribution in [3.63, 3.8) is 0 Å². The highest BCUT2D eigenvalue weighted by Gasteiger charge is 2.11. The first kappa shape index (κ1) is 18.5. The van der Waals surface area contributed by atoms with E-state index in [4.69, 9.17) is 9.47 Å². The number of benzene rings is 2. The molecule has 140 valence electrons. The number of fused-ring (bicyclic) bond motifs is 1. The molecule has 1 aliphatic heterocycles. The molecule has 0 aliphatic carbocycles. The third-order valence-electron chi connectivity index (χ3n) is 3.84. The number of urea groups is 1. The first-order chi connectivity index (χ1) is 13.0. The summed E-state index contributed by atoms with van der Waals surface area (Å²) in [5.74, 6) is 1.28. The summed E-state index contributed by atoms with van der Waals surface area (Å²) in [5, 5.41) is 5.46. The number of allylic oxidation sites excluding steroid dienone is 1. The maximum absolute atomic E-state index is 12.3. The van der Waals surface area contributed by atoms with Crippen LogP contribution in [0.15, 0.2) is 48.5 Å². The van der Waals surface area contributed by atoms with Crippen LogP contribution in [0.2, 0.25) is 0 Å². The highest BCUT2D eigenvalue weighted by Crippen LogP contribution is 2.31. The van der Waals surface area contributed by atoms with Crippen LogP contribution in [0.25, 0.3) is 6.08 Å². The van der Waals surface area contributed by atoms with E-state index >= 15 is 0 Å². The van der Waals surface area contributed by atoms with Crippen LogP contribution in [-0.2, 0) is 0 Å². The van der Waals surface area contributed by atoms with Gasteiger partial charge in [0.05, 0.1) is 0 Å². The summed E-state index contributed by atoms with van der Waals surface area (Å²) >= 11 is 0. The number of amides is 2. The molecule has 0 saturated carbocycles. The zero-order chi connectivity index (χ0) is 19.2. The molecule has 3 rings (SSSR count). The zero-order valence-corrected chi connectivity index (χ0v) is 15.3. The fraction of sp³-hybridized carbons (Fsp3) is 0.238. The maximum Gasteiger partial charge on any atom is 0.319 e. The number of anilines is 1. The van der Waals surface area contributed by atoms with Gasteiger partial charge in [-0.15, -0.1) is 0 Å². The van der Waals surface area contributed by atoms with E-state index in [-0.39, 0.29) is 17.9 Å². The monoisotopic (exact) mass is 366 g/mol. The summed E-state index contributed by atoms with van der Waals surface area (Å²) in [5.41, 5.74) is 2.02. The first-order valence-corrected chi connectivity index (χ1v) is 8.81. The minimum Gasteiger partial charge on any atom is -0.486 e. The average Bonchev–Trinajstić information content (AvgIpc) is 2.66. The molecule has 0 spiro atoms. The lowest BCUT2D eigenvalue weighted by atomic mass is 10.1. The van der Waals surface area contributed by atoms with Crippen LogP contribution in [0.4, 0.5) is 10.5 Å². The Kier molecular flexibility index (Phi) is 5.76. The predicted molar refractivity (Wildman–Crippen MR) is 105 cm³/mol. The van der Waals surface area contributed by atoms with Gasteiger partial charge in [0.2, 0.25) is 0 Å². The van der Waals surface area contributed by atoms with Crippen molar-refractivity contribution in [2.75, 3.05) is 18.5 Å². The molecule has 2 N–H and O–H groups in total. The molecule has 2 amide bonds. The van der Waals surface area contributed by atoms with Crippen LogP contribution in [0.1, 0.15) is 29.8 Å². The Morgan fingerprint density at radius 1 is 1.00 bits per heavy atom. The quantitative estimate of drug-likeness (QED) is 0.622. The molecule has 1 aliphatic rings. The van der Waals surface area contributed by atoms with Gasteiger partial charge in [-0.3, -0.25) is 4.79 Å². The van der Waals surface area contributed by atoms with Gasteiger partial charge in [0.25, 0.3) is 0 Å². The molecule has 1 heterocycles. The normalized spacial score (nSPS) is 12.9. The molecule has 0 unspecified atom stereocenters. The summed E-state index contributed by atoms with van der Waals surface area (Å²) < 4.78 is 11.0. The van der Waals surface area contributed by atoms with Crippen LogP contribution >= 0.6 is 0 Å². The van der Waals surface area contributed by atoms with Gasteiger partial charge in [0, 0.05) is 17.3 Å². The largest absolute Gasteiger partial charge is 0.486 e. The lowest BCUT2D eigenvalue weighted by Crippen LogP contribution is -2.34. The molecule has 0 aromatic heterocycles. The molecule has 0 fully saturated rings. The Bertz CT molecular complexity index is 857. The summed E-state index contributed by atoms with van der Waals surface area (Å²) in [6, 6.07) is 12.1. The Labute approximate surface area is 158 Å². The minimum atomic E-state index is -0.275. The summed E-state index contributed by atoms with van der Waals surface area (Å²) in [7, 11) is 0. The van der Waals surface area contributed by atoms with Crippen molar-refractivity contribution in [3.8, 4) is 11.5 Å². The van der Waals surface area contributed by atoms with E-state index in [0.29, 0.717) is 36.0 Å². The number of rotatable bonds is 5. The molecule has 2 aromatic carbocycles. The lowest BCUT2D eigenvalue weighted by Gasteiger charge is -2.18. The van der Waals surface area contributed by atoms with Crippen LogP contribution in [0.3, 0.4) is 0 Å². The number of carbonyl (C=O) groups excluding carboxylic acids is 2. The molecule has 0 radical (unpaired) electrons.